The van der Waals surface area contributed by atoms with Crippen LogP contribution in [-0.2, 0) is 14.3 Å². The molecule has 7 heteroatoms. The zero-order valence-corrected chi connectivity index (χ0v) is 17.2. The first-order valence-corrected chi connectivity index (χ1v) is 10.7. The Balaban J connectivity index is 1.58. The van der Waals surface area contributed by atoms with Gasteiger partial charge in [0.25, 0.3) is 0 Å². The maximum Gasteiger partial charge on any atom is 0.328 e. The minimum absolute atomic E-state index is 0.310. The Morgan fingerprint density at radius 3 is 2.07 bits per heavy atom. The fraction of sp³-hybridized carbons (Fsp3) is 0.857. The van der Waals surface area contributed by atoms with Gasteiger partial charge in [-0.2, -0.15) is 0 Å². The average Bonchev–Trinajstić information content (AvgIpc) is 2.72. The number of hydrogen-bond donors (Lipinski definition) is 2. The number of amides is 2. The normalized spacial score (nSPS) is 28.5. The lowest BCUT2D eigenvalue weighted by Gasteiger charge is -2.34. The van der Waals surface area contributed by atoms with E-state index in [4.69, 9.17) is 0 Å². The smallest absolute Gasteiger partial charge is 0.328 e. The third-order valence-corrected chi connectivity index (χ3v) is 6.47. The molecule has 0 radical (unpaired) electrons. The predicted octanol–water partition coefficient (Wildman–Crippen LogP) is 3.19. The molecule has 2 aliphatic carbocycles. The molecule has 0 spiro atoms. The summed E-state index contributed by atoms with van der Waals surface area (Å²) < 4.78 is 4.60. The summed E-state index contributed by atoms with van der Waals surface area (Å²) >= 11 is 0. The number of urea groups is 1. The van der Waals surface area contributed by atoms with Crippen molar-refractivity contribution in [1.82, 2.24) is 10.6 Å². The first-order valence-electron chi connectivity index (χ1n) is 10.7. The number of carbonyl (C=O) groups excluding carboxylic acids is 3. The van der Waals surface area contributed by atoms with Crippen LogP contribution in [0.5, 0.6) is 0 Å². The Bertz CT molecular complexity index is 546. The second kappa shape index (κ2) is 11.8. The maximum atomic E-state index is 11.9. The summed E-state index contributed by atoms with van der Waals surface area (Å²) in [6.07, 6.45) is 12.7. The molecule has 0 aliphatic heterocycles. The molecule has 2 N–H and O–H groups in total. The van der Waals surface area contributed by atoms with Crippen molar-refractivity contribution in [2.45, 2.75) is 70.8 Å². The van der Waals surface area contributed by atoms with E-state index < -0.39 is 12.0 Å². The van der Waals surface area contributed by atoms with Gasteiger partial charge in [-0.3, -0.25) is 0 Å². The Morgan fingerprint density at radius 2 is 1.54 bits per heavy atom. The Kier molecular flexibility index (Phi) is 9.48. The summed E-state index contributed by atoms with van der Waals surface area (Å²) in [7, 11) is 1.31. The molecule has 2 aliphatic rings. The average molecular weight is 394 g/mol. The van der Waals surface area contributed by atoms with Crippen molar-refractivity contribution in [3.8, 4) is 0 Å². The maximum absolute atomic E-state index is 11.9. The van der Waals surface area contributed by atoms with Gasteiger partial charge in [0.2, 0.25) is 6.08 Å². The molecule has 28 heavy (non-hydrogen) atoms. The quantitative estimate of drug-likeness (QED) is 0.376. The van der Waals surface area contributed by atoms with Gasteiger partial charge in [0.15, 0.2) is 0 Å². The topological polar surface area (TPSA) is 96.9 Å². The highest BCUT2D eigenvalue weighted by Crippen LogP contribution is 2.38. The molecule has 2 fully saturated rings. The van der Waals surface area contributed by atoms with E-state index in [1.165, 1.54) is 52.1 Å². The van der Waals surface area contributed by atoms with E-state index in [1.54, 1.807) is 13.0 Å². The molecule has 1 atom stereocenters. The van der Waals surface area contributed by atoms with E-state index in [0.717, 1.165) is 24.7 Å². The summed E-state index contributed by atoms with van der Waals surface area (Å²) in [5.74, 6) is 2.28. The summed E-state index contributed by atoms with van der Waals surface area (Å²) in [6.45, 7) is 2.93. The molecular weight excluding hydrogens is 358 g/mol. The van der Waals surface area contributed by atoms with Crippen LogP contribution in [0, 0.1) is 23.7 Å². The van der Waals surface area contributed by atoms with Crippen LogP contribution < -0.4 is 10.6 Å². The highest BCUT2D eigenvalue weighted by molar-refractivity contribution is 5.83. The molecule has 0 aromatic rings. The number of methoxy groups -OCH3 is 1. The highest BCUT2D eigenvalue weighted by Gasteiger charge is 2.27. The van der Waals surface area contributed by atoms with Crippen LogP contribution in [0.15, 0.2) is 4.99 Å². The van der Waals surface area contributed by atoms with E-state index in [-0.39, 0.29) is 6.03 Å². The number of carbonyl (C=O) groups is 2. The number of hydrogen-bond acceptors (Lipinski definition) is 5. The number of ether oxygens (including phenoxy) is 1. The van der Waals surface area contributed by atoms with Gasteiger partial charge in [0, 0.05) is 6.54 Å². The third-order valence-electron chi connectivity index (χ3n) is 6.47. The molecule has 0 heterocycles. The first kappa shape index (κ1) is 22.4. The molecule has 2 rings (SSSR count). The number of rotatable bonds is 8. The van der Waals surface area contributed by atoms with Crippen molar-refractivity contribution < 1.29 is 19.1 Å². The summed E-state index contributed by atoms with van der Waals surface area (Å²) in [4.78, 5) is 37.2. The van der Waals surface area contributed by atoms with Gasteiger partial charge in [-0.15, -0.1) is 0 Å². The molecule has 2 saturated carbocycles. The largest absolute Gasteiger partial charge is 0.467 e. The minimum atomic E-state index is -0.638. The lowest BCUT2D eigenvalue weighted by Crippen LogP contribution is -2.46. The van der Waals surface area contributed by atoms with E-state index in [2.05, 4.69) is 20.4 Å². The fourth-order valence-electron chi connectivity index (χ4n) is 4.68. The number of nitrogens with one attached hydrogen (secondary N) is 2. The molecular formula is C21H35N3O4. The third kappa shape index (κ3) is 7.63. The molecule has 1 unspecified atom stereocenters. The molecule has 158 valence electrons. The Hall–Kier alpha value is -1.88. The Labute approximate surface area is 168 Å². The lowest BCUT2D eigenvalue weighted by atomic mass is 9.73. The zero-order valence-electron chi connectivity index (χ0n) is 17.2. The molecule has 0 bridgehead atoms. The van der Waals surface area contributed by atoms with Crippen LogP contribution in [-0.4, -0.2) is 44.3 Å². The van der Waals surface area contributed by atoms with E-state index in [0.29, 0.717) is 24.9 Å². The SMILES string of the molecule is COC(=O)C(C)NC(=O)NCC1CCC(CC2CCC(CN=C=O)CC2)CC1. The van der Waals surface area contributed by atoms with Crippen molar-refractivity contribution in [3.63, 3.8) is 0 Å². The van der Waals surface area contributed by atoms with Gasteiger partial charge in [0.1, 0.15) is 6.04 Å². The zero-order chi connectivity index (χ0) is 20.4. The number of esters is 1. The van der Waals surface area contributed by atoms with Crippen LogP contribution in [0.4, 0.5) is 4.79 Å². The van der Waals surface area contributed by atoms with Gasteiger partial charge < -0.3 is 15.4 Å². The van der Waals surface area contributed by atoms with Crippen molar-refractivity contribution in [1.29, 1.82) is 0 Å². The number of isocyanates is 1. The predicted molar refractivity (Wildman–Crippen MR) is 107 cm³/mol. The summed E-state index contributed by atoms with van der Waals surface area (Å²) in [5.41, 5.74) is 0. The second-order valence-electron chi connectivity index (χ2n) is 8.54. The van der Waals surface area contributed by atoms with Gasteiger partial charge in [-0.05, 0) is 62.7 Å². The molecule has 0 aromatic carbocycles. The first-order chi connectivity index (χ1) is 13.5. The van der Waals surface area contributed by atoms with Gasteiger partial charge in [0.05, 0.1) is 13.7 Å². The highest BCUT2D eigenvalue weighted by atomic mass is 16.5. The van der Waals surface area contributed by atoms with Gasteiger partial charge in [-0.25, -0.2) is 19.4 Å². The van der Waals surface area contributed by atoms with Gasteiger partial charge in [-0.1, -0.05) is 25.7 Å². The summed E-state index contributed by atoms with van der Waals surface area (Å²) in [6, 6.07) is -0.947. The number of aliphatic imine (C=N–C) groups is 1. The van der Waals surface area contributed by atoms with E-state index >= 15 is 0 Å². The van der Waals surface area contributed by atoms with Crippen LogP contribution in [0.2, 0.25) is 0 Å². The van der Waals surface area contributed by atoms with E-state index in [1.807, 2.05) is 0 Å². The molecule has 0 aromatic heterocycles. The van der Waals surface area contributed by atoms with Crippen LogP contribution in [0.25, 0.3) is 0 Å². The minimum Gasteiger partial charge on any atom is -0.467 e. The molecule has 0 saturated heterocycles. The molecule has 2 amide bonds. The number of nitrogens with zero attached hydrogens (tertiary/aromatic N) is 1. The standard InChI is InChI=1S/C21H35N3O4/c1-15(20(26)28-2)24-21(27)23-13-19-9-5-17(6-10-19)11-16-3-7-18(8-4-16)12-22-14-25/h15-19H,3-13H2,1-2H3,(H2,23,24,27). The Morgan fingerprint density at radius 1 is 1.00 bits per heavy atom. The van der Waals surface area contributed by atoms with Gasteiger partial charge >= 0.3 is 12.0 Å². The van der Waals surface area contributed by atoms with Crippen LogP contribution in [0.3, 0.4) is 0 Å². The second-order valence-corrected chi connectivity index (χ2v) is 8.54. The van der Waals surface area contributed by atoms with Crippen molar-refractivity contribution in [2.24, 2.45) is 28.7 Å². The fourth-order valence-corrected chi connectivity index (χ4v) is 4.68. The lowest BCUT2D eigenvalue weighted by molar-refractivity contribution is -0.142. The van der Waals surface area contributed by atoms with Crippen LogP contribution >= 0.6 is 0 Å². The van der Waals surface area contributed by atoms with Crippen LogP contribution in [0.1, 0.15) is 64.7 Å². The van der Waals surface area contributed by atoms with Crippen molar-refractivity contribution >= 4 is 18.1 Å². The van der Waals surface area contributed by atoms with Crippen molar-refractivity contribution in [2.75, 3.05) is 20.2 Å². The van der Waals surface area contributed by atoms with E-state index in [9.17, 15) is 14.4 Å². The van der Waals surface area contributed by atoms with Crippen molar-refractivity contribution in [3.05, 3.63) is 0 Å². The molecule has 7 nitrogen and oxygen atoms in total. The monoisotopic (exact) mass is 393 g/mol. The summed E-state index contributed by atoms with van der Waals surface area (Å²) in [5, 5.41) is 5.48.